The van der Waals surface area contributed by atoms with Crippen LogP contribution in [0.4, 0.5) is 4.79 Å². The fourth-order valence-corrected chi connectivity index (χ4v) is 5.50. The van der Waals surface area contributed by atoms with Crippen molar-refractivity contribution in [3.63, 3.8) is 0 Å². The van der Waals surface area contributed by atoms with Crippen LogP contribution in [0.25, 0.3) is 0 Å². The van der Waals surface area contributed by atoms with E-state index in [1.165, 1.54) is 24.2 Å². The molecule has 1 heterocycles. The van der Waals surface area contributed by atoms with E-state index in [1.807, 2.05) is 0 Å². The van der Waals surface area contributed by atoms with E-state index in [0.717, 1.165) is 36.5 Å². The molecule has 1 aliphatic heterocycles. The average molecular weight is 307 g/mol. The number of hydrogen-bond acceptors (Lipinski definition) is 3. The van der Waals surface area contributed by atoms with Crippen LogP contribution in [0, 0.1) is 29.6 Å². The number of ether oxygens (including phenoxy) is 1. The fourth-order valence-electron chi connectivity index (χ4n) is 5.50. The van der Waals surface area contributed by atoms with Crippen molar-refractivity contribution in [1.82, 2.24) is 4.90 Å². The number of fused-ring (bicyclic) bond motifs is 5. The first-order valence-corrected chi connectivity index (χ1v) is 8.64. The molecule has 5 unspecified atom stereocenters. The Morgan fingerprint density at radius 2 is 1.77 bits per heavy atom. The van der Waals surface area contributed by atoms with Crippen molar-refractivity contribution in [1.29, 1.82) is 0 Å². The summed E-state index contributed by atoms with van der Waals surface area (Å²) in [7, 11) is 0. The fraction of sp³-hybridized carbons (Fsp3) is 0.882. The summed E-state index contributed by atoms with van der Waals surface area (Å²) in [6.07, 6.45) is 5.61. The molecule has 0 aromatic carbocycles. The largest absolute Gasteiger partial charge is 0.480 e. The summed E-state index contributed by atoms with van der Waals surface area (Å²) in [6.45, 7) is 4.56. The maximum atomic E-state index is 12.3. The van der Waals surface area contributed by atoms with E-state index in [2.05, 4.69) is 13.8 Å². The second kappa shape index (κ2) is 4.62. The molecule has 122 valence electrons. The van der Waals surface area contributed by atoms with Gasteiger partial charge in [-0.2, -0.15) is 0 Å². The van der Waals surface area contributed by atoms with Crippen LogP contribution in [0.3, 0.4) is 0 Å². The second-order valence-corrected chi connectivity index (χ2v) is 8.16. The Balaban J connectivity index is 1.48. The minimum absolute atomic E-state index is 0.282. The predicted molar refractivity (Wildman–Crippen MR) is 79.2 cm³/mol. The summed E-state index contributed by atoms with van der Waals surface area (Å²) in [5, 5.41) is 8.97. The lowest BCUT2D eigenvalue weighted by Gasteiger charge is -2.34. The zero-order valence-electron chi connectivity index (χ0n) is 13.3. The van der Waals surface area contributed by atoms with Crippen LogP contribution in [0.1, 0.15) is 46.0 Å². The number of carboxylic acid groups (broad SMARTS) is 1. The van der Waals surface area contributed by atoms with Gasteiger partial charge in [0.05, 0.1) is 6.54 Å². The molecule has 5 nitrogen and oxygen atoms in total. The zero-order chi connectivity index (χ0) is 15.6. The number of carboxylic acids is 1. The molecule has 3 aliphatic carbocycles. The number of rotatable bonds is 3. The van der Waals surface area contributed by atoms with E-state index < -0.39 is 18.1 Å². The van der Waals surface area contributed by atoms with Gasteiger partial charge in [0, 0.05) is 0 Å². The van der Waals surface area contributed by atoms with Gasteiger partial charge in [-0.15, -0.1) is 0 Å². The first-order valence-electron chi connectivity index (χ1n) is 8.64. The number of hydrogen-bond donors (Lipinski definition) is 1. The monoisotopic (exact) mass is 307 g/mol. The number of carbonyl (C=O) groups excluding carboxylic acids is 1. The lowest BCUT2D eigenvalue weighted by atomic mass is 9.82. The van der Waals surface area contributed by atoms with E-state index in [9.17, 15) is 9.59 Å². The highest BCUT2D eigenvalue weighted by Crippen LogP contribution is 2.63. The van der Waals surface area contributed by atoms with Gasteiger partial charge < -0.3 is 9.84 Å². The zero-order valence-corrected chi connectivity index (χ0v) is 13.3. The molecule has 1 N–H and O–H groups in total. The first-order chi connectivity index (χ1) is 10.4. The molecule has 0 radical (unpaired) electrons. The molecule has 22 heavy (non-hydrogen) atoms. The minimum Gasteiger partial charge on any atom is -0.480 e. The standard InChI is InChI=1S/C17H25NO4/c1-9(2)17(22-16(21)18-8-14(18)15(19)20)6-12-10-3-4-11(5-10)13(12)7-17/h9-14H,3-8H2,1-2H3,(H,19,20). The third-order valence-electron chi connectivity index (χ3n) is 6.91. The molecule has 0 spiro atoms. The van der Waals surface area contributed by atoms with Crippen molar-refractivity contribution in [2.45, 2.75) is 57.6 Å². The maximum absolute atomic E-state index is 12.3. The van der Waals surface area contributed by atoms with Gasteiger partial charge in [0.1, 0.15) is 5.60 Å². The third kappa shape index (κ3) is 1.97. The van der Waals surface area contributed by atoms with Crippen LogP contribution in [-0.2, 0) is 9.53 Å². The van der Waals surface area contributed by atoms with Crippen molar-refractivity contribution in [2.24, 2.45) is 29.6 Å². The van der Waals surface area contributed by atoms with Crippen LogP contribution in [0.2, 0.25) is 0 Å². The Bertz CT molecular complexity index is 499. The lowest BCUT2D eigenvalue weighted by molar-refractivity contribution is -0.137. The van der Waals surface area contributed by atoms with Gasteiger partial charge in [-0.3, -0.25) is 4.90 Å². The molecule has 2 bridgehead atoms. The summed E-state index contributed by atoms with van der Waals surface area (Å²) < 4.78 is 5.95. The summed E-state index contributed by atoms with van der Waals surface area (Å²) in [4.78, 5) is 24.6. The van der Waals surface area contributed by atoms with Gasteiger partial charge >= 0.3 is 12.1 Å². The smallest absolute Gasteiger partial charge is 0.411 e. The van der Waals surface area contributed by atoms with Crippen molar-refractivity contribution < 1.29 is 19.4 Å². The van der Waals surface area contributed by atoms with Gasteiger partial charge in [-0.1, -0.05) is 13.8 Å². The van der Waals surface area contributed by atoms with Gasteiger partial charge in [-0.05, 0) is 61.7 Å². The van der Waals surface area contributed by atoms with E-state index in [4.69, 9.17) is 9.84 Å². The molecule has 4 rings (SSSR count). The van der Waals surface area contributed by atoms with E-state index in [0.29, 0.717) is 6.54 Å². The molecule has 3 saturated carbocycles. The molecule has 5 atom stereocenters. The molecule has 1 amide bonds. The van der Waals surface area contributed by atoms with Crippen LogP contribution < -0.4 is 0 Å². The molecule has 5 heteroatoms. The molecule has 0 aromatic heterocycles. The van der Waals surface area contributed by atoms with E-state index >= 15 is 0 Å². The highest BCUT2D eigenvalue weighted by molar-refractivity contribution is 5.85. The Kier molecular flexibility index (Phi) is 3.01. The molecule has 4 fully saturated rings. The van der Waals surface area contributed by atoms with Crippen LogP contribution in [0.15, 0.2) is 0 Å². The average Bonchev–Trinajstić information content (AvgIpc) is 2.82. The Morgan fingerprint density at radius 3 is 2.23 bits per heavy atom. The molecule has 1 saturated heterocycles. The van der Waals surface area contributed by atoms with Gasteiger partial charge in [-0.25, -0.2) is 9.59 Å². The molecule has 4 aliphatic rings. The molecular formula is C17H25NO4. The van der Waals surface area contributed by atoms with Crippen molar-refractivity contribution >= 4 is 12.1 Å². The highest BCUT2D eigenvalue weighted by atomic mass is 16.6. The maximum Gasteiger partial charge on any atom is 0.411 e. The van der Waals surface area contributed by atoms with Gasteiger partial charge in [0.25, 0.3) is 0 Å². The number of carbonyl (C=O) groups is 2. The third-order valence-corrected chi connectivity index (χ3v) is 6.91. The number of nitrogens with zero attached hydrogens (tertiary/aromatic N) is 1. The van der Waals surface area contributed by atoms with Crippen molar-refractivity contribution in [3.05, 3.63) is 0 Å². The van der Waals surface area contributed by atoms with E-state index in [-0.39, 0.29) is 11.5 Å². The SMILES string of the molecule is CC(C)C1(OC(=O)N2CC2C(=O)O)CC2C3CCC(C3)C2C1. The van der Waals surface area contributed by atoms with Crippen molar-refractivity contribution in [2.75, 3.05) is 6.54 Å². The molecular weight excluding hydrogens is 282 g/mol. The minimum atomic E-state index is -0.933. The number of aliphatic carboxylic acids is 1. The second-order valence-electron chi connectivity index (χ2n) is 8.16. The summed E-state index contributed by atoms with van der Waals surface area (Å²) >= 11 is 0. The summed E-state index contributed by atoms with van der Waals surface area (Å²) in [6, 6.07) is -0.672. The normalized spacial score (nSPS) is 45.2. The lowest BCUT2D eigenvalue weighted by Crippen LogP contribution is -2.40. The van der Waals surface area contributed by atoms with Crippen molar-refractivity contribution in [3.8, 4) is 0 Å². The van der Waals surface area contributed by atoms with Gasteiger partial charge in [0.2, 0.25) is 0 Å². The van der Waals surface area contributed by atoms with Crippen LogP contribution >= 0.6 is 0 Å². The van der Waals surface area contributed by atoms with E-state index in [1.54, 1.807) is 0 Å². The topological polar surface area (TPSA) is 66.6 Å². The summed E-state index contributed by atoms with van der Waals surface area (Å²) in [5.41, 5.74) is -0.376. The Labute approximate surface area is 131 Å². The highest BCUT2D eigenvalue weighted by Gasteiger charge is 2.60. The van der Waals surface area contributed by atoms with Crippen LogP contribution in [0.5, 0.6) is 0 Å². The molecule has 0 aromatic rings. The Hall–Kier alpha value is -1.26. The quantitative estimate of drug-likeness (QED) is 0.814. The number of amides is 1. The first kappa shape index (κ1) is 14.3. The summed E-state index contributed by atoms with van der Waals surface area (Å²) in [5.74, 6) is 2.46. The predicted octanol–water partition coefficient (Wildman–Crippen LogP) is 2.74. The van der Waals surface area contributed by atoms with Gasteiger partial charge in [0.15, 0.2) is 6.04 Å². The van der Waals surface area contributed by atoms with Crippen LogP contribution in [-0.4, -0.2) is 40.3 Å². The Morgan fingerprint density at radius 1 is 1.18 bits per heavy atom.